The first-order valence-electron chi connectivity index (χ1n) is 12.3. The number of benzene rings is 1. The molecule has 202 valence electrons. The van der Waals surface area contributed by atoms with Crippen LogP contribution in [0.25, 0.3) is 6.08 Å². The van der Waals surface area contributed by atoms with Crippen LogP contribution < -0.4 is 10.1 Å². The van der Waals surface area contributed by atoms with E-state index in [1.54, 1.807) is 26.0 Å². The van der Waals surface area contributed by atoms with E-state index in [0.29, 0.717) is 18.5 Å². The van der Waals surface area contributed by atoms with Gasteiger partial charge in [0.1, 0.15) is 29.3 Å². The topological polar surface area (TPSA) is 155 Å². The molecule has 1 aliphatic heterocycles. The van der Waals surface area contributed by atoms with Gasteiger partial charge in [-0.05, 0) is 49.6 Å². The number of rotatable bonds is 6. The van der Waals surface area contributed by atoms with E-state index in [9.17, 15) is 29.7 Å². The third kappa shape index (κ3) is 7.74. The maximum atomic E-state index is 12.9. The van der Waals surface area contributed by atoms with E-state index in [1.165, 1.54) is 42.8 Å². The van der Waals surface area contributed by atoms with Gasteiger partial charge < -0.3 is 30.1 Å². The monoisotopic (exact) mass is 524 g/mol. The summed E-state index contributed by atoms with van der Waals surface area (Å²) in [6.07, 6.45) is 5.48. The molecule has 0 saturated heterocycles. The number of fused-ring (bicyclic) bond motifs is 1. The number of ether oxygens (including phenoxy) is 2. The molecule has 0 radical (unpaired) electrons. The summed E-state index contributed by atoms with van der Waals surface area (Å²) in [4.78, 5) is 41.1. The van der Waals surface area contributed by atoms with Crippen molar-refractivity contribution in [3.8, 4) is 11.5 Å². The summed E-state index contributed by atoms with van der Waals surface area (Å²) in [6.45, 7) is 3.95. The normalized spacial score (nSPS) is 23.9. The fourth-order valence-corrected chi connectivity index (χ4v) is 3.62. The zero-order valence-electron chi connectivity index (χ0n) is 21.2. The molecule has 1 aromatic heterocycles. The molecule has 2 aromatic rings. The Morgan fingerprint density at radius 2 is 1.89 bits per heavy atom. The molecular weight excluding hydrogens is 492 g/mol. The van der Waals surface area contributed by atoms with Crippen molar-refractivity contribution in [3.63, 3.8) is 0 Å². The number of nitrogens with one attached hydrogen (secondary N) is 1. The van der Waals surface area contributed by atoms with E-state index >= 15 is 0 Å². The lowest BCUT2D eigenvalue weighted by Crippen LogP contribution is -2.32. The molecule has 0 unspecified atom stereocenters. The minimum Gasteiger partial charge on any atom is -0.507 e. The van der Waals surface area contributed by atoms with Crippen molar-refractivity contribution in [3.05, 3.63) is 71.6 Å². The van der Waals surface area contributed by atoms with E-state index in [2.05, 4.69) is 10.3 Å². The number of hydrogen-bond acceptors (Lipinski definition) is 9. The smallest absolute Gasteiger partial charge is 0.342 e. The second-order valence-electron chi connectivity index (χ2n) is 8.98. The van der Waals surface area contributed by atoms with Crippen LogP contribution in [0.2, 0.25) is 0 Å². The highest BCUT2D eigenvalue weighted by Gasteiger charge is 2.25. The van der Waals surface area contributed by atoms with Crippen molar-refractivity contribution in [2.24, 2.45) is 5.92 Å². The number of aliphatic hydroxyl groups excluding tert-OH is 2. The van der Waals surface area contributed by atoms with Crippen molar-refractivity contribution in [2.75, 3.05) is 13.2 Å². The lowest BCUT2D eigenvalue weighted by molar-refractivity contribution is -0.127. The number of cyclic esters (lactones) is 1. The van der Waals surface area contributed by atoms with Crippen LogP contribution in [0.1, 0.15) is 53.0 Å². The Labute approximate surface area is 220 Å². The first kappa shape index (κ1) is 28.5. The van der Waals surface area contributed by atoms with Crippen molar-refractivity contribution in [1.82, 2.24) is 10.3 Å². The lowest BCUT2D eigenvalue weighted by atomic mass is 9.99. The molecule has 0 aliphatic carbocycles. The van der Waals surface area contributed by atoms with Crippen LogP contribution in [-0.4, -0.2) is 69.4 Å². The molecule has 4 N–H and O–H groups in total. The highest BCUT2D eigenvalue weighted by Crippen LogP contribution is 2.31. The standard InChI is InChI=1S/C28H32N2O8/c1-17-7-8-23(32)26(34)22(31)6-3-5-20-15-21(16-24(33)25(20)28(36)38-18(17)2)37-14-4-11-30-27(35)19-9-12-29-13-10-19/h3,5,7-10,12-13,15-18,22,26,31,33-34H,4,6,11,14H2,1-2H3,(H,30,35)/b5-3+,8-7-/t17-,18+,22+,26+/m1/s1. The van der Waals surface area contributed by atoms with E-state index in [4.69, 9.17) is 9.47 Å². The molecule has 2 heterocycles. The van der Waals surface area contributed by atoms with Crippen LogP contribution in [0.5, 0.6) is 11.5 Å². The number of pyridine rings is 1. The molecule has 1 aromatic carbocycles. The fourth-order valence-electron chi connectivity index (χ4n) is 3.62. The number of aromatic nitrogens is 1. The summed E-state index contributed by atoms with van der Waals surface area (Å²) >= 11 is 0. The number of ketones is 1. The zero-order valence-corrected chi connectivity index (χ0v) is 21.2. The number of esters is 1. The molecule has 4 atom stereocenters. The Morgan fingerprint density at radius 1 is 1.16 bits per heavy atom. The second-order valence-corrected chi connectivity index (χ2v) is 8.98. The zero-order chi connectivity index (χ0) is 27.7. The second kappa shape index (κ2) is 13.5. The van der Waals surface area contributed by atoms with Crippen LogP contribution in [-0.2, 0) is 9.53 Å². The summed E-state index contributed by atoms with van der Waals surface area (Å²) in [5.41, 5.74) is 0.693. The number of nitrogens with zero attached hydrogens (tertiary/aromatic N) is 1. The van der Waals surface area contributed by atoms with Crippen LogP contribution in [0.3, 0.4) is 0 Å². The molecule has 10 nitrogen and oxygen atoms in total. The number of amides is 1. The predicted octanol–water partition coefficient (Wildman–Crippen LogP) is 2.43. The number of hydrogen-bond donors (Lipinski definition) is 4. The van der Waals surface area contributed by atoms with Crippen molar-refractivity contribution in [2.45, 2.75) is 45.0 Å². The van der Waals surface area contributed by atoms with Gasteiger partial charge in [0.2, 0.25) is 0 Å². The quantitative estimate of drug-likeness (QED) is 0.329. The number of phenols is 1. The molecule has 0 bridgehead atoms. The molecular formula is C28H32N2O8. The molecule has 0 fully saturated rings. The Bertz CT molecular complexity index is 1190. The third-order valence-electron chi connectivity index (χ3n) is 6.07. The number of phenolic OH excluding ortho intramolecular Hbond substituents is 1. The van der Waals surface area contributed by atoms with Gasteiger partial charge in [-0.2, -0.15) is 0 Å². The highest BCUT2D eigenvalue weighted by molar-refractivity contribution is 5.97. The average molecular weight is 525 g/mol. The van der Waals surface area contributed by atoms with E-state index in [1.807, 2.05) is 0 Å². The minimum absolute atomic E-state index is 0.0792. The molecule has 38 heavy (non-hydrogen) atoms. The van der Waals surface area contributed by atoms with Crippen LogP contribution >= 0.6 is 0 Å². The number of aliphatic hydroxyl groups is 2. The van der Waals surface area contributed by atoms with Gasteiger partial charge >= 0.3 is 5.97 Å². The van der Waals surface area contributed by atoms with E-state index in [0.717, 1.165) is 6.08 Å². The summed E-state index contributed by atoms with van der Waals surface area (Å²) in [5.74, 6) is -2.09. The van der Waals surface area contributed by atoms with Gasteiger partial charge in [0.25, 0.3) is 5.91 Å². The molecule has 1 aliphatic rings. The van der Waals surface area contributed by atoms with Gasteiger partial charge in [0.15, 0.2) is 5.78 Å². The molecule has 3 rings (SSSR count). The number of carbonyl (C=O) groups excluding carboxylic acids is 3. The van der Waals surface area contributed by atoms with Crippen LogP contribution in [0.15, 0.2) is 54.9 Å². The van der Waals surface area contributed by atoms with Crippen LogP contribution in [0.4, 0.5) is 0 Å². The third-order valence-corrected chi connectivity index (χ3v) is 6.07. The van der Waals surface area contributed by atoms with Crippen LogP contribution in [0, 0.1) is 5.92 Å². The lowest BCUT2D eigenvalue weighted by Gasteiger charge is -2.20. The van der Waals surface area contributed by atoms with Gasteiger partial charge in [-0.1, -0.05) is 25.2 Å². The van der Waals surface area contributed by atoms with Gasteiger partial charge in [0, 0.05) is 36.5 Å². The van der Waals surface area contributed by atoms with Gasteiger partial charge in [-0.25, -0.2) is 4.79 Å². The first-order chi connectivity index (χ1) is 18.2. The van der Waals surface area contributed by atoms with Gasteiger partial charge in [-0.3, -0.25) is 14.6 Å². The number of aromatic hydroxyl groups is 1. The minimum atomic E-state index is -1.61. The van der Waals surface area contributed by atoms with Gasteiger partial charge in [0.05, 0.1) is 12.7 Å². The van der Waals surface area contributed by atoms with Crippen molar-refractivity contribution in [1.29, 1.82) is 0 Å². The summed E-state index contributed by atoms with van der Waals surface area (Å²) < 4.78 is 11.2. The Morgan fingerprint density at radius 3 is 2.63 bits per heavy atom. The molecule has 0 saturated carbocycles. The average Bonchev–Trinajstić information content (AvgIpc) is 2.90. The van der Waals surface area contributed by atoms with Gasteiger partial charge in [-0.15, -0.1) is 0 Å². The molecule has 1 amide bonds. The maximum Gasteiger partial charge on any atom is 0.342 e. The highest BCUT2D eigenvalue weighted by atomic mass is 16.5. The van der Waals surface area contributed by atoms with Crippen molar-refractivity contribution >= 4 is 23.7 Å². The Hall–Kier alpha value is -4.02. The summed E-state index contributed by atoms with van der Waals surface area (Å²) in [6, 6.07) is 6.06. The maximum absolute atomic E-state index is 12.9. The van der Waals surface area contributed by atoms with E-state index in [-0.39, 0.29) is 47.5 Å². The largest absolute Gasteiger partial charge is 0.507 e. The van der Waals surface area contributed by atoms with Crippen molar-refractivity contribution < 1.29 is 39.2 Å². The van der Waals surface area contributed by atoms with E-state index < -0.39 is 30.1 Å². The number of carbonyl (C=O) groups is 3. The predicted molar refractivity (Wildman–Crippen MR) is 139 cm³/mol. The Balaban J connectivity index is 1.73. The first-order valence-corrected chi connectivity index (χ1v) is 12.3. The fraction of sp³-hybridized carbons (Fsp3) is 0.357. The SMILES string of the molecule is C[C@@H]1/C=C\C(=O)[C@@H](O)[C@@H](O)C/C=C/c2cc(OCCCNC(=O)c3ccncc3)cc(O)c2C(=O)O[C@H]1C. The summed E-state index contributed by atoms with van der Waals surface area (Å²) in [5, 5.41) is 33.8. The molecule has 10 heteroatoms. The summed E-state index contributed by atoms with van der Waals surface area (Å²) in [7, 11) is 0. The Kier molecular flexibility index (Phi) is 10.1. The molecule has 0 spiro atoms.